The van der Waals surface area contributed by atoms with Crippen molar-refractivity contribution < 1.29 is 19.1 Å². The maximum absolute atomic E-state index is 12.5. The molecule has 1 aliphatic heterocycles. The largest absolute Gasteiger partial charge is 0.497 e. The lowest BCUT2D eigenvalue weighted by molar-refractivity contribution is -0.118. The van der Waals surface area contributed by atoms with Crippen LogP contribution in [0.5, 0.6) is 11.5 Å². The maximum atomic E-state index is 12.5. The molecular weight excluding hydrogens is 334 g/mol. The molecule has 1 aliphatic rings. The van der Waals surface area contributed by atoms with Gasteiger partial charge >= 0.3 is 6.03 Å². The first kappa shape index (κ1) is 17.6. The molecule has 1 fully saturated rings. The second-order valence-electron chi connectivity index (χ2n) is 5.87. The molecule has 0 aromatic heterocycles. The second-order valence-corrected chi connectivity index (χ2v) is 5.87. The third kappa shape index (κ3) is 3.88. The van der Waals surface area contributed by atoms with Crippen LogP contribution in [0.1, 0.15) is 6.42 Å². The van der Waals surface area contributed by atoms with Crippen molar-refractivity contribution in [3.63, 3.8) is 0 Å². The Morgan fingerprint density at radius 3 is 2.35 bits per heavy atom. The first-order chi connectivity index (χ1) is 12.6. The molecule has 0 spiro atoms. The number of carbonyl (C=O) groups excluding carboxylic acids is 2. The van der Waals surface area contributed by atoms with E-state index in [4.69, 9.17) is 9.47 Å². The average molecular weight is 355 g/mol. The van der Waals surface area contributed by atoms with E-state index in [1.54, 1.807) is 23.1 Å². The van der Waals surface area contributed by atoms with Crippen molar-refractivity contribution in [2.45, 2.75) is 12.5 Å². The number of rotatable bonds is 5. The van der Waals surface area contributed by atoms with Crippen LogP contribution in [0.15, 0.2) is 48.5 Å². The summed E-state index contributed by atoms with van der Waals surface area (Å²) in [5.74, 6) is 1.01. The summed E-state index contributed by atoms with van der Waals surface area (Å²) in [5.41, 5.74) is 1.35. The summed E-state index contributed by atoms with van der Waals surface area (Å²) in [6.07, 6.45) is 0.558. The van der Waals surface area contributed by atoms with Gasteiger partial charge in [0.05, 0.1) is 14.2 Å². The Hall–Kier alpha value is -3.22. The number of hydrogen-bond acceptors (Lipinski definition) is 4. The Balaban J connectivity index is 1.63. The highest BCUT2D eigenvalue weighted by Gasteiger charge is 2.33. The summed E-state index contributed by atoms with van der Waals surface area (Å²) >= 11 is 0. The number of anilines is 2. The van der Waals surface area contributed by atoms with Crippen LogP contribution >= 0.6 is 0 Å². The van der Waals surface area contributed by atoms with Crippen LogP contribution in [0.4, 0.5) is 16.2 Å². The highest BCUT2D eigenvalue weighted by Crippen LogP contribution is 2.26. The van der Waals surface area contributed by atoms with Crippen LogP contribution < -0.4 is 25.0 Å². The lowest BCUT2D eigenvalue weighted by Gasteiger charge is -2.17. The number of ether oxygens (including phenoxy) is 2. The molecule has 2 aromatic carbocycles. The van der Waals surface area contributed by atoms with E-state index in [0.717, 1.165) is 5.69 Å². The third-order valence-corrected chi connectivity index (χ3v) is 4.19. The van der Waals surface area contributed by atoms with Crippen molar-refractivity contribution in [2.24, 2.45) is 0 Å². The number of methoxy groups -OCH3 is 2. The fourth-order valence-corrected chi connectivity index (χ4v) is 2.88. The molecule has 26 heavy (non-hydrogen) atoms. The molecule has 3 rings (SSSR count). The van der Waals surface area contributed by atoms with Crippen molar-refractivity contribution in [1.29, 1.82) is 0 Å². The van der Waals surface area contributed by atoms with E-state index in [0.29, 0.717) is 30.2 Å². The number of nitrogens with zero attached hydrogens (tertiary/aromatic N) is 1. The summed E-state index contributed by atoms with van der Waals surface area (Å²) in [7, 11) is 3.07. The zero-order valence-electron chi connectivity index (χ0n) is 14.7. The fraction of sp³-hybridized carbons (Fsp3) is 0.263. The normalized spacial score (nSPS) is 16.3. The van der Waals surface area contributed by atoms with Gasteiger partial charge < -0.3 is 25.0 Å². The average Bonchev–Trinajstić information content (AvgIpc) is 3.02. The number of benzene rings is 2. The van der Waals surface area contributed by atoms with E-state index in [-0.39, 0.29) is 5.91 Å². The molecule has 3 amide bonds. The summed E-state index contributed by atoms with van der Waals surface area (Å²) < 4.78 is 10.4. The first-order valence-electron chi connectivity index (χ1n) is 8.27. The number of amides is 3. The fourth-order valence-electron chi connectivity index (χ4n) is 2.88. The molecule has 0 unspecified atom stereocenters. The van der Waals surface area contributed by atoms with Crippen molar-refractivity contribution in [3.05, 3.63) is 48.5 Å². The smallest absolute Gasteiger partial charge is 0.319 e. The van der Waals surface area contributed by atoms with E-state index < -0.39 is 12.1 Å². The monoisotopic (exact) mass is 355 g/mol. The Bertz CT molecular complexity index is 772. The number of para-hydroxylation sites is 1. The Morgan fingerprint density at radius 2 is 1.73 bits per heavy atom. The van der Waals surface area contributed by atoms with E-state index in [1.165, 1.54) is 14.2 Å². The van der Waals surface area contributed by atoms with Crippen LogP contribution in [-0.2, 0) is 4.79 Å². The van der Waals surface area contributed by atoms with Gasteiger partial charge in [0.15, 0.2) is 0 Å². The molecule has 1 heterocycles. The molecule has 0 aliphatic carbocycles. The van der Waals surface area contributed by atoms with Crippen molar-refractivity contribution in [1.82, 2.24) is 5.32 Å². The van der Waals surface area contributed by atoms with Gasteiger partial charge in [0, 0.05) is 36.1 Å². The SMILES string of the molecule is COc1cc(NC(=O)N[C@H]2CCN(c3ccccc3)C2=O)cc(OC)c1. The number of nitrogens with one attached hydrogen (secondary N) is 2. The second kappa shape index (κ2) is 7.77. The topological polar surface area (TPSA) is 79.9 Å². The summed E-state index contributed by atoms with van der Waals surface area (Å²) in [6.45, 7) is 0.570. The van der Waals surface area contributed by atoms with E-state index in [2.05, 4.69) is 10.6 Å². The van der Waals surface area contributed by atoms with Crippen LogP contribution in [0.2, 0.25) is 0 Å². The maximum Gasteiger partial charge on any atom is 0.319 e. The predicted molar refractivity (Wildman–Crippen MR) is 98.9 cm³/mol. The van der Waals surface area contributed by atoms with Crippen LogP contribution in [-0.4, -0.2) is 38.7 Å². The minimum absolute atomic E-state index is 0.116. The molecule has 2 N–H and O–H groups in total. The van der Waals surface area contributed by atoms with Crippen LogP contribution in [0.3, 0.4) is 0 Å². The number of urea groups is 1. The first-order valence-corrected chi connectivity index (χ1v) is 8.27. The molecule has 0 saturated carbocycles. The Morgan fingerprint density at radius 1 is 1.08 bits per heavy atom. The van der Waals surface area contributed by atoms with Gasteiger partial charge in [0.2, 0.25) is 5.91 Å². The van der Waals surface area contributed by atoms with Gasteiger partial charge in [-0.3, -0.25) is 4.79 Å². The molecule has 136 valence electrons. The van der Waals surface area contributed by atoms with Gasteiger partial charge in [-0.1, -0.05) is 18.2 Å². The summed E-state index contributed by atoms with van der Waals surface area (Å²) in [6, 6.07) is 13.5. The van der Waals surface area contributed by atoms with E-state index in [9.17, 15) is 9.59 Å². The lowest BCUT2D eigenvalue weighted by atomic mass is 10.2. The molecular formula is C19H21N3O4. The van der Waals surface area contributed by atoms with Gasteiger partial charge in [-0.15, -0.1) is 0 Å². The van der Waals surface area contributed by atoms with E-state index in [1.807, 2.05) is 30.3 Å². The molecule has 2 aromatic rings. The third-order valence-electron chi connectivity index (χ3n) is 4.19. The van der Waals surface area contributed by atoms with Crippen LogP contribution in [0.25, 0.3) is 0 Å². The summed E-state index contributed by atoms with van der Waals surface area (Å²) in [4.78, 5) is 26.5. The predicted octanol–water partition coefficient (Wildman–Crippen LogP) is 2.63. The zero-order valence-corrected chi connectivity index (χ0v) is 14.7. The summed E-state index contributed by atoms with van der Waals surface area (Å²) in [5, 5.41) is 5.44. The molecule has 1 atom stereocenters. The standard InChI is InChI=1S/C19H21N3O4/c1-25-15-10-13(11-16(12-15)26-2)20-19(24)21-17-8-9-22(18(17)23)14-6-4-3-5-7-14/h3-7,10-12,17H,8-9H2,1-2H3,(H2,20,21,24)/t17-/m0/s1. The molecule has 7 heteroatoms. The minimum Gasteiger partial charge on any atom is -0.497 e. The van der Waals surface area contributed by atoms with E-state index >= 15 is 0 Å². The molecule has 0 radical (unpaired) electrons. The lowest BCUT2D eigenvalue weighted by Crippen LogP contribution is -2.43. The van der Waals surface area contributed by atoms with Crippen molar-refractivity contribution in [2.75, 3.05) is 31.0 Å². The van der Waals surface area contributed by atoms with Crippen LogP contribution in [0, 0.1) is 0 Å². The highest BCUT2D eigenvalue weighted by molar-refractivity contribution is 6.02. The van der Waals surface area contributed by atoms with Gasteiger partial charge in [0.25, 0.3) is 0 Å². The van der Waals surface area contributed by atoms with Gasteiger partial charge in [-0.2, -0.15) is 0 Å². The van der Waals surface area contributed by atoms with Crippen molar-refractivity contribution >= 4 is 23.3 Å². The molecule has 7 nitrogen and oxygen atoms in total. The van der Waals surface area contributed by atoms with Gasteiger partial charge in [-0.25, -0.2) is 4.79 Å². The Labute approximate surface area is 151 Å². The number of carbonyl (C=O) groups is 2. The quantitative estimate of drug-likeness (QED) is 0.864. The van der Waals surface area contributed by atoms with Gasteiger partial charge in [0.1, 0.15) is 17.5 Å². The highest BCUT2D eigenvalue weighted by atomic mass is 16.5. The number of hydrogen-bond donors (Lipinski definition) is 2. The van der Waals surface area contributed by atoms with Gasteiger partial charge in [-0.05, 0) is 18.6 Å². The minimum atomic E-state index is -0.553. The van der Waals surface area contributed by atoms with Crippen molar-refractivity contribution in [3.8, 4) is 11.5 Å². The Kier molecular flexibility index (Phi) is 5.26. The molecule has 1 saturated heterocycles. The molecule has 0 bridgehead atoms. The zero-order chi connectivity index (χ0) is 18.5.